The van der Waals surface area contributed by atoms with Gasteiger partial charge < -0.3 is 9.32 Å². The molecule has 1 amide bonds. The number of amides is 1. The third-order valence-electron chi connectivity index (χ3n) is 3.54. The average molecular weight is 312 g/mol. The largest absolute Gasteiger partial charge is 0.451 e. The van der Waals surface area contributed by atoms with E-state index in [1.54, 1.807) is 11.4 Å². The first-order valence-electron chi connectivity index (χ1n) is 6.69. The molecule has 1 saturated heterocycles. The van der Waals surface area contributed by atoms with Crippen molar-refractivity contribution in [3.05, 3.63) is 29.7 Å². The van der Waals surface area contributed by atoms with Crippen LogP contribution in [0.2, 0.25) is 0 Å². The summed E-state index contributed by atoms with van der Waals surface area (Å²) >= 11 is 1.39. The number of likely N-dealkylation sites (tertiary alicyclic amines) is 1. The van der Waals surface area contributed by atoms with Crippen LogP contribution in [0.4, 0.5) is 8.78 Å². The van der Waals surface area contributed by atoms with E-state index in [9.17, 15) is 13.6 Å². The zero-order valence-electron chi connectivity index (χ0n) is 11.2. The van der Waals surface area contributed by atoms with E-state index in [0.717, 1.165) is 4.88 Å². The van der Waals surface area contributed by atoms with Gasteiger partial charge in [-0.15, -0.1) is 11.3 Å². The maximum atomic E-state index is 13.3. The molecular weight excluding hydrogens is 298 g/mol. The van der Waals surface area contributed by atoms with Gasteiger partial charge in [-0.3, -0.25) is 4.79 Å². The summed E-state index contributed by atoms with van der Waals surface area (Å²) in [6.45, 7) is 0.477. The Hall–Kier alpha value is -1.76. The molecule has 1 aliphatic heterocycles. The number of nitrogens with zero attached hydrogens (tertiary/aromatic N) is 2. The van der Waals surface area contributed by atoms with Crippen molar-refractivity contribution in [3.8, 4) is 10.6 Å². The maximum Gasteiger partial charge on any atom is 0.254 e. The molecule has 0 aromatic carbocycles. The summed E-state index contributed by atoms with van der Waals surface area (Å²) in [5.74, 6) is -2.85. The van der Waals surface area contributed by atoms with Gasteiger partial charge >= 0.3 is 0 Å². The van der Waals surface area contributed by atoms with Gasteiger partial charge in [0.1, 0.15) is 12.0 Å². The fourth-order valence-electron chi connectivity index (χ4n) is 2.37. The second-order valence-electron chi connectivity index (χ2n) is 5.08. The highest BCUT2D eigenvalue weighted by Gasteiger charge is 2.33. The molecule has 2 aromatic rings. The lowest BCUT2D eigenvalue weighted by Crippen LogP contribution is -2.32. The minimum Gasteiger partial charge on any atom is -0.451 e. The number of hydrogen-bond acceptors (Lipinski definition) is 4. The summed E-state index contributed by atoms with van der Waals surface area (Å²) in [5.41, 5.74) is 1.18. The first-order chi connectivity index (χ1) is 10.1. The van der Waals surface area contributed by atoms with Gasteiger partial charge in [-0.2, -0.15) is 0 Å². The molecule has 4 nitrogen and oxygen atoms in total. The van der Waals surface area contributed by atoms with Crippen LogP contribution in [-0.4, -0.2) is 34.8 Å². The number of hydrogen-bond donors (Lipinski definition) is 0. The Labute approximate surface area is 124 Å². The van der Waals surface area contributed by atoms with Gasteiger partial charge in [0, 0.05) is 31.3 Å². The van der Waals surface area contributed by atoms with E-state index in [1.807, 2.05) is 0 Å². The van der Waals surface area contributed by atoms with Crippen LogP contribution in [0, 0.1) is 0 Å². The van der Waals surface area contributed by atoms with Gasteiger partial charge in [0.25, 0.3) is 5.91 Å². The molecule has 0 unspecified atom stereocenters. The second-order valence-corrected chi connectivity index (χ2v) is 5.99. The van der Waals surface area contributed by atoms with Crippen LogP contribution in [0.15, 0.2) is 28.5 Å². The van der Waals surface area contributed by atoms with E-state index in [0.29, 0.717) is 24.2 Å². The van der Waals surface area contributed by atoms with Crippen LogP contribution >= 0.6 is 11.3 Å². The standard InChI is InChI=1S/C14H14F2N2O2S/c15-14(16)2-1-4-18(5-3-14)13(19)10-6-12(21-8-10)11-7-20-9-17-11/h6-9H,1-5H2. The third kappa shape index (κ3) is 3.12. The SMILES string of the molecule is O=C(c1csc(-c2cocn2)c1)N1CCCC(F)(F)CC1. The first-order valence-corrected chi connectivity index (χ1v) is 7.57. The zero-order valence-corrected chi connectivity index (χ0v) is 12.0. The molecule has 0 saturated carbocycles. The Morgan fingerprint density at radius 2 is 2.24 bits per heavy atom. The van der Waals surface area contributed by atoms with Crippen LogP contribution in [0.3, 0.4) is 0 Å². The van der Waals surface area contributed by atoms with Crippen LogP contribution in [0.1, 0.15) is 29.6 Å². The van der Waals surface area contributed by atoms with E-state index < -0.39 is 5.92 Å². The fraction of sp³-hybridized carbons (Fsp3) is 0.429. The minimum absolute atomic E-state index is 0.0982. The number of thiophene rings is 1. The molecule has 0 atom stereocenters. The molecule has 7 heteroatoms. The van der Waals surface area contributed by atoms with Crippen molar-refractivity contribution in [2.24, 2.45) is 0 Å². The number of alkyl halides is 2. The molecule has 0 spiro atoms. The number of carbonyl (C=O) groups is 1. The van der Waals surface area contributed by atoms with E-state index in [2.05, 4.69) is 4.98 Å². The number of rotatable bonds is 2. The first kappa shape index (κ1) is 14.2. The Morgan fingerprint density at radius 1 is 1.38 bits per heavy atom. The molecule has 0 N–H and O–H groups in total. The number of halogens is 2. The predicted molar refractivity (Wildman–Crippen MR) is 74.5 cm³/mol. The van der Waals surface area contributed by atoms with Crippen molar-refractivity contribution in [2.75, 3.05) is 13.1 Å². The summed E-state index contributed by atoms with van der Waals surface area (Å²) < 4.78 is 31.6. The minimum atomic E-state index is -2.66. The monoisotopic (exact) mass is 312 g/mol. The van der Waals surface area contributed by atoms with Crippen molar-refractivity contribution in [2.45, 2.75) is 25.2 Å². The van der Waals surface area contributed by atoms with Crippen LogP contribution in [-0.2, 0) is 0 Å². The summed E-state index contributed by atoms with van der Waals surface area (Å²) in [6, 6.07) is 1.73. The molecule has 3 heterocycles. The zero-order chi connectivity index (χ0) is 14.9. The van der Waals surface area contributed by atoms with Crippen molar-refractivity contribution in [1.29, 1.82) is 0 Å². The number of oxazole rings is 1. The summed E-state index contributed by atoms with van der Waals surface area (Å²) in [7, 11) is 0. The topological polar surface area (TPSA) is 46.3 Å². The predicted octanol–water partition coefficient (Wildman–Crippen LogP) is 3.66. The lowest BCUT2D eigenvalue weighted by atomic mass is 10.1. The Bertz CT molecular complexity index is 625. The van der Waals surface area contributed by atoms with Crippen LogP contribution in [0.25, 0.3) is 10.6 Å². The maximum absolute atomic E-state index is 13.3. The molecule has 21 heavy (non-hydrogen) atoms. The molecule has 0 aliphatic carbocycles. The van der Waals surface area contributed by atoms with Crippen LogP contribution < -0.4 is 0 Å². The van der Waals surface area contributed by atoms with E-state index >= 15 is 0 Å². The molecule has 0 radical (unpaired) electrons. The van der Waals surface area contributed by atoms with Crippen molar-refractivity contribution in [3.63, 3.8) is 0 Å². The Morgan fingerprint density at radius 3 is 3.00 bits per heavy atom. The van der Waals surface area contributed by atoms with Gasteiger partial charge in [0.2, 0.25) is 5.92 Å². The molecule has 3 rings (SSSR count). The molecule has 1 fully saturated rings. The van der Waals surface area contributed by atoms with Gasteiger partial charge in [0.05, 0.1) is 10.4 Å². The lowest BCUT2D eigenvalue weighted by molar-refractivity contribution is -0.0125. The highest BCUT2D eigenvalue weighted by molar-refractivity contribution is 7.13. The normalized spacial score (nSPS) is 18.5. The second kappa shape index (κ2) is 5.55. The smallest absolute Gasteiger partial charge is 0.254 e. The van der Waals surface area contributed by atoms with Gasteiger partial charge in [-0.25, -0.2) is 13.8 Å². The van der Waals surface area contributed by atoms with Crippen molar-refractivity contribution < 1.29 is 18.0 Å². The van der Waals surface area contributed by atoms with Crippen molar-refractivity contribution in [1.82, 2.24) is 9.88 Å². The van der Waals surface area contributed by atoms with Gasteiger partial charge in [-0.1, -0.05) is 0 Å². The summed E-state index contributed by atoms with van der Waals surface area (Å²) in [5, 5.41) is 1.73. The lowest BCUT2D eigenvalue weighted by Gasteiger charge is -2.19. The van der Waals surface area contributed by atoms with E-state index in [1.165, 1.54) is 28.9 Å². The third-order valence-corrected chi connectivity index (χ3v) is 4.49. The molecule has 0 bridgehead atoms. The molecule has 112 valence electrons. The number of aromatic nitrogens is 1. The quantitative estimate of drug-likeness (QED) is 0.850. The highest BCUT2D eigenvalue weighted by Crippen LogP contribution is 2.30. The van der Waals surface area contributed by atoms with Crippen LogP contribution in [0.5, 0.6) is 0 Å². The van der Waals surface area contributed by atoms with Gasteiger partial charge in [0.15, 0.2) is 6.39 Å². The average Bonchev–Trinajstić information content (AvgIpc) is 3.08. The summed E-state index contributed by atoms with van der Waals surface area (Å²) in [6.07, 6.45) is 2.75. The van der Waals surface area contributed by atoms with Crippen molar-refractivity contribution >= 4 is 17.2 Å². The Balaban J connectivity index is 1.73. The van der Waals surface area contributed by atoms with E-state index in [-0.39, 0.29) is 25.3 Å². The Kier molecular flexibility index (Phi) is 3.75. The highest BCUT2D eigenvalue weighted by atomic mass is 32.1. The molecular formula is C14H14F2N2O2S. The molecule has 2 aromatic heterocycles. The number of carbonyl (C=O) groups excluding carboxylic acids is 1. The van der Waals surface area contributed by atoms with E-state index in [4.69, 9.17) is 4.42 Å². The fourth-order valence-corrected chi connectivity index (χ4v) is 3.21. The molecule has 1 aliphatic rings. The van der Waals surface area contributed by atoms with Gasteiger partial charge in [-0.05, 0) is 12.5 Å². The summed E-state index contributed by atoms with van der Waals surface area (Å²) in [4.78, 5) is 18.8.